The van der Waals surface area contributed by atoms with Crippen LogP contribution in [-0.4, -0.2) is 18.7 Å². The maximum atomic E-state index is 12.8. The number of rotatable bonds is 7. The highest BCUT2D eigenvalue weighted by Gasteiger charge is 2.13. The third-order valence-corrected chi connectivity index (χ3v) is 5.13. The van der Waals surface area contributed by atoms with Crippen LogP contribution in [0.15, 0.2) is 97.1 Å². The van der Waals surface area contributed by atoms with Gasteiger partial charge in [-0.2, -0.15) is 0 Å². The number of ketones is 2. The molecule has 4 aromatic rings. The lowest BCUT2D eigenvalue weighted by Gasteiger charge is -2.08. The van der Waals surface area contributed by atoms with Gasteiger partial charge in [0.05, 0.1) is 7.11 Å². The second-order valence-electron chi connectivity index (χ2n) is 7.40. The van der Waals surface area contributed by atoms with Crippen LogP contribution >= 0.6 is 0 Å². The number of hydrogen-bond donors (Lipinski definition) is 0. The molecule has 0 saturated carbocycles. The average Bonchev–Trinajstić information content (AvgIpc) is 2.85. The van der Waals surface area contributed by atoms with Crippen molar-refractivity contribution < 1.29 is 19.1 Å². The van der Waals surface area contributed by atoms with E-state index in [0.29, 0.717) is 33.8 Å². The summed E-state index contributed by atoms with van der Waals surface area (Å²) in [5.41, 5.74) is 3.35. The molecule has 0 aromatic heterocycles. The predicted octanol–water partition coefficient (Wildman–Crippen LogP) is 6.26. The van der Waals surface area contributed by atoms with Crippen LogP contribution < -0.4 is 9.47 Å². The first-order chi connectivity index (χ1) is 15.5. The van der Waals surface area contributed by atoms with Crippen molar-refractivity contribution in [2.75, 3.05) is 7.11 Å². The highest BCUT2D eigenvalue weighted by Crippen LogP contribution is 2.24. The molecule has 0 aliphatic carbocycles. The van der Waals surface area contributed by atoms with Crippen molar-refractivity contribution in [2.45, 2.75) is 6.92 Å². The van der Waals surface area contributed by atoms with E-state index < -0.39 is 0 Å². The third kappa shape index (κ3) is 4.76. The van der Waals surface area contributed by atoms with Crippen LogP contribution in [0, 0.1) is 6.92 Å². The molecule has 158 valence electrons. The molecule has 0 unspecified atom stereocenters. The van der Waals surface area contributed by atoms with Gasteiger partial charge >= 0.3 is 0 Å². The summed E-state index contributed by atoms with van der Waals surface area (Å²) in [6.45, 7) is 1.98. The Morgan fingerprint density at radius 2 is 0.812 bits per heavy atom. The van der Waals surface area contributed by atoms with E-state index in [1.54, 1.807) is 55.6 Å². The van der Waals surface area contributed by atoms with Gasteiger partial charge in [0.1, 0.15) is 17.2 Å². The fraction of sp³-hybridized carbons (Fsp3) is 0.0714. The van der Waals surface area contributed by atoms with E-state index in [0.717, 1.165) is 11.3 Å². The quantitative estimate of drug-likeness (QED) is 0.330. The molecule has 4 rings (SSSR count). The third-order valence-electron chi connectivity index (χ3n) is 5.13. The van der Waals surface area contributed by atoms with Crippen molar-refractivity contribution in [1.82, 2.24) is 0 Å². The largest absolute Gasteiger partial charge is 0.497 e. The first-order valence-electron chi connectivity index (χ1n) is 10.2. The van der Waals surface area contributed by atoms with E-state index >= 15 is 0 Å². The molecule has 0 heterocycles. The Balaban J connectivity index is 1.44. The van der Waals surface area contributed by atoms with Crippen molar-refractivity contribution in [3.05, 3.63) is 125 Å². The molecule has 4 aromatic carbocycles. The van der Waals surface area contributed by atoms with E-state index in [9.17, 15) is 9.59 Å². The highest BCUT2D eigenvalue weighted by molar-refractivity contribution is 6.11. The number of hydrogen-bond acceptors (Lipinski definition) is 4. The smallest absolute Gasteiger partial charge is 0.193 e. The zero-order valence-electron chi connectivity index (χ0n) is 17.9. The van der Waals surface area contributed by atoms with E-state index in [1.807, 2.05) is 55.5 Å². The van der Waals surface area contributed by atoms with Crippen LogP contribution in [0.3, 0.4) is 0 Å². The van der Waals surface area contributed by atoms with Crippen LogP contribution in [0.5, 0.6) is 17.2 Å². The van der Waals surface area contributed by atoms with Gasteiger partial charge in [0.15, 0.2) is 11.6 Å². The summed E-state index contributed by atoms with van der Waals surface area (Å²) in [4.78, 5) is 25.5. The normalized spacial score (nSPS) is 10.4. The van der Waals surface area contributed by atoms with Crippen LogP contribution in [0.25, 0.3) is 0 Å². The molecule has 0 spiro atoms. The summed E-state index contributed by atoms with van der Waals surface area (Å²) in [5.74, 6) is 1.88. The van der Waals surface area contributed by atoms with Gasteiger partial charge in [-0.25, -0.2) is 0 Å². The molecule has 0 N–H and O–H groups in total. The van der Waals surface area contributed by atoms with Crippen molar-refractivity contribution in [3.63, 3.8) is 0 Å². The zero-order valence-corrected chi connectivity index (χ0v) is 17.9. The first-order valence-corrected chi connectivity index (χ1v) is 10.2. The molecule has 0 amide bonds. The fourth-order valence-corrected chi connectivity index (χ4v) is 3.27. The van der Waals surface area contributed by atoms with Crippen LogP contribution in [0.2, 0.25) is 0 Å². The van der Waals surface area contributed by atoms with Crippen LogP contribution in [0.1, 0.15) is 37.4 Å². The van der Waals surface area contributed by atoms with Gasteiger partial charge in [0.2, 0.25) is 0 Å². The number of aryl methyl sites for hydroxylation is 1. The summed E-state index contributed by atoms with van der Waals surface area (Å²) in [6.07, 6.45) is 0. The summed E-state index contributed by atoms with van der Waals surface area (Å²) in [6, 6.07) is 28.4. The Labute approximate surface area is 187 Å². The maximum absolute atomic E-state index is 12.8. The highest BCUT2D eigenvalue weighted by atomic mass is 16.5. The summed E-state index contributed by atoms with van der Waals surface area (Å²) >= 11 is 0. The number of carbonyl (C=O) groups is 2. The van der Waals surface area contributed by atoms with Crippen LogP contribution in [0.4, 0.5) is 0 Å². The average molecular weight is 422 g/mol. The molecule has 0 bridgehead atoms. The molecule has 0 saturated heterocycles. The number of benzene rings is 4. The Kier molecular flexibility index (Phi) is 6.13. The molecular weight excluding hydrogens is 400 g/mol. The number of carbonyl (C=O) groups excluding carboxylic acids is 2. The van der Waals surface area contributed by atoms with Crippen molar-refractivity contribution >= 4 is 11.6 Å². The van der Waals surface area contributed by atoms with Gasteiger partial charge in [-0.3, -0.25) is 9.59 Å². The summed E-state index contributed by atoms with van der Waals surface area (Å²) < 4.78 is 10.9. The zero-order chi connectivity index (χ0) is 22.5. The van der Waals surface area contributed by atoms with Crippen molar-refractivity contribution in [2.24, 2.45) is 0 Å². The standard InChI is InChI=1S/C28H22O4/c1-19-3-5-20(6-4-19)27(29)21-7-9-22(10-8-21)28(30)23-11-13-25(14-12-23)32-26-17-15-24(31-2)16-18-26/h3-18H,1-2H3. The molecule has 32 heavy (non-hydrogen) atoms. The first kappa shape index (κ1) is 21.1. The Hall–Kier alpha value is -4.18. The Bertz CT molecular complexity index is 1220. The van der Waals surface area contributed by atoms with E-state index in [4.69, 9.17) is 9.47 Å². The van der Waals surface area contributed by atoms with Gasteiger partial charge in [0.25, 0.3) is 0 Å². The molecule has 4 heteroatoms. The minimum atomic E-state index is -0.115. The topological polar surface area (TPSA) is 52.6 Å². The van der Waals surface area contributed by atoms with E-state index in [-0.39, 0.29) is 11.6 Å². The molecule has 4 nitrogen and oxygen atoms in total. The lowest BCUT2D eigenvalue weighted by Crippen LogP contribution is -2.04. The van der Waals surface area contributed by atoms with Gasteiger partial charge in [-0.1, -0.05) is 54.1 Å². The van der Waals surface area contributed by atoms with Gasteiger partial charge < -0.3 is 9.47 Å². The van der Waals surface area contributed by atoms with E-state index in [2.05, 4.69) is 0 Å². The second kappa shape index (κ2) is 9.31. The summed E-state index contributed by atoms with van der Waals surface area (Å²) in [7, 11) is 1.61. The molecule has 0 aliphatic rings. The molecule has 0 aliphatic heterocycles. The van der Waals surface area contributed by atoms with E-state index in [1.165, 1.54) is 0 Å². The van der Waals surface area contributed by atoms with Crippen LogP contribution in [-0.2, 0) is 0 Å². The van der Waals surface area contributed by atoms with Gasteiger partial charge in [-0.05, 0) is 55.5 Å². The molecule has 0 fully saturated rings. The molecular formula is C28H22O4. The van der Waals surface area contributed by atoms with Gasteiger partial charge in [-0.15, -0.1) is 0 Å². The molecule has 0 atom stereocenters. The monoisotopic (exact) mass is 422 g/mol. The minimum Gasteiger partial charge on any atom is -0.497 e. The molecule has 0 radical (unpaired) electrons. The number of methoxy groups -OCH3 is 1. The van der Waals surface area contributed by atoms with Crippen molar-refractivity contribution in [1.29, 1.82) is 0 Å². The Morgan fingerprint density at radius 1 is 0.500 bits per heavy atom. The van der Waals surface area contributed by atoms with Gasteiger partial charge in [0, 0.05) is 22.3 Å². The Morgan fingerprint density at radius 3 is 1.22 bits per heavy atom. The number of ether oxygens (including phenoxy) is 2. The fourth-order valence-electron chi connectivity index (χ4n) is 3.27. The SMILES string of the molecule is COc1ccc(Oc2ccc(C(=O)c3ccc(C(=O)c4ccc(C)cc4)cc3)cc2)cc1. The van der Waals surface area contributed by atoms with Crippen molar-refractivity contribution in [3.8, 4) is 17.2 Å². The summed E-state index contributed by atoms with van der Waals surface area (Å²) in [5, 5.41) is 0. The minimum absolute atomic E-state index is 0.0657. The lowest BCUT2D eigenvalue weighted by atomic mass is 9.98. The predicted molar refractivity (Wildman–Crippen MR) is 124 cm³/mol. The maximum Gasteiger partial charge on any atom is 0.193 e. The second-order valence-corrected chi connectivity index (χ2v) is 7.40. The lowest BCUT2D eigenvalue weighted by molar-refractivity contribution is 0.102.